The third-order valence-electron chi connectivity index (χ3n) is 4.42. The van der Waals surface area contributed by atoms with Crippen molar-refractivity contribution in [3.8, 4) is 0 Å². The summed E-state index contributed by atoms with van der Waals surface area (Å²) >= 11 is 0. The largest absolute Gasteiger partial charge is 0.377 e. The summed E-state index contributed by atoms with van der Waals surface area (Å²) in [5.41, 5.74) is 3.03. The molecule has 1 aliphatic rings. The van der Waals surface area contributed by atoms with Gasteiger partial charge in [-0.05, 0) is 30.7 Å². The molecule has 1 unspecified atom stereocenters. The van der Waals surface area contributed by atoms with Gasteiger partial charge in [0.1, 0.15) is 0 Å². The van der Waals surface area contributed by atoms with Gasteiger partial charge in [-0.1, -0.05) is 36.4 Å². The molecule has 1 atom stereocenters. The van der Waals surface area contributed by atoms with Gasteiger partial charge in [-0.25, -0.2) is 0 Å². The molecule has 2 aromatic rings. The van der Waals surface area contributed by atoms with Crippen LogP contribution in [0.4, 0.5) is 5.69 Å². The fourth-order valence-electron chi connectivity index (χ4n) is 3.02. The van der Waals surface area contributed by atoms with Crippen LogP contribution in [0, 0.1) is 0 Å². The highest BCUT2D eigenvalue weighted by Crippen LogP contribution is 2.20. The molecule has 2 aromatic carbocycles. The van der Waals surface area contributed by atoms with Crippen molar-refractivity contribution in [2.75, 3.05) is 31.7 Å². The lowest BCUT2D eigenvalue weighted by Gasteiger charge is -2.33. The Labute approximate surface area is 143 Å². The van der Waals surface area contributed by atoms with Crippen LogP contribution in [0.1, 0.15) is 22.8 Å². The fourth-order valence-corrected chi connectivity index (χ4v) is 3.02. The fraction of sp³-hybridized carbons (Fsp3) is 0.350. The summed E-state index contributed by atoms with van der Waals surface area (Å²) in [4.78, 5) is 16.9. The summed E-state index contributed by atoms with van der Waals surface area (Å²) in [6, 6.07) is 18.3. The summed E-state index contributed by atoms with van der Waals surface area (Å²) in [7, 11) is 2.05. The number of nitrogens with zero attached hydrogens (tertiary/aromatic N) is 2. The average Bonchev–Trinajstić information content (AvgIpc) is 2.62. The maximum Gasteiger partial charge on any atom is 0.254 e. The molecule has 24 heavy (non-hydrogen) atoms. The molecule has 1 saturated heterocycles. The number of hydrogen-bond acceptors (Lipinski definition) is 3. The van der Waals surface area contributed by atoms with Crippen LogP contribution in [0.2, 0.25) is 0 Å². The van der Waals surface area contributed by atoms with Gasteiger partial charge < -0.3 is 14.5 Å². The Morgan fingerprint density at radius 1 is 1.21 bits per heavy atom. The van der Waals surface area contributed by atoms with Crippen molar-refractivity contribution < 1.29 is 9.53 Å². The zero-order valence-electron chi connectivity index (χ0n) is 14.3. The molecular weight excluding hydrogens is 300 g/mol. The van der Waals surface area contributed by atoms with E-state index in [0.29, 0.717) is 19.8 Å². The molecular formula is C20H24N2O2. The summed E-state index contributed by atoms with van der Waals surface area (Å²) in [6.07, 6.45) is 0. The summed E-state index contributed by atoms with van der Waals surface area (Å²) in [6.45, 7) is 4.72. The van der Waals surface area contributed by atoms with E-state index in [-0.39, 0.29) is 11.9 Å². The van der Waals surface area contributed by atoms with E-state index in [0.717, 1.165) is 17.8 Å². The summed E-state index contributed by atoms with van der Waals surface area (Å²) < 4.78 is 5.42. The SMILES string of the molecule is CC1COCCN1C(=O)c1cccc(N(C)Cc2ccccc2)c1. The van der Waals surface area contributed by atoms with Crippen LogP contribution in [-0.2, 0) is 11.3 Å². The highest BCUT2D eigenvalue weighted by Gasteiger charge is 2.24. The standard InChI is InChI=1S/C20H24N2O2/c1-16-15-24-12-11-22(16)20(23)18-9-6-10-19(13-18)21(2)14-17-7-4-3-5-8-17/h3-10,13,16H,11-12,14-15H2,1-2H3. The number of carbonyl (C=O) groups is 1. The molecule has 1 fully saturated rings. The Morgan fingerprint density at radius 2 is 2.00 bits per heavy atom. The third kappa shape index (κ3) is 3.77. The molecule has 1 aliphatic heterocycles. The van der Waals surface area contributed by atoms with Crippen molar-refractivity contribution in [2.45, 2.75) is 19.5 Å². The second kappa shape index (κ2) is 7.49. The molecule has 0 bridgehead atoms. The van der Waals surface area contributed by atoms with Crippen LogP contribution in [0.5, 0.6) is 0 Å². The van der Waals surface area contributed by atoms with Gasteiger partial charge in [-0.3, -0.25) is 4.79 Å². The zero-order valence-corrected chi connectivity index (χ0v) is 14.3. The number of rotatable bonds is 4. The molecule has 1 amide bonds. The van der Waals surface area contributed by atoms with Crippen molar-refractivity contribution in [1.29, 1.82) is 0 Å². The predicted octanol–water partition coefficient (Wildman–Crippen LogP) is 3.18. The van der Waals surface area contributed by atoms with Crippen molar-refractivity contribution in [1.82, 2.24) is 4.90 Å². The topological polar surface area (TPSA) is 32.8 Å². The maximum absolute atomic E-state index is 12.8. The minimum atomic E-state index is 0.0840. The molecule has 0 radical (unpaired) electrons. The lowest BCUT2D eigenvalue weighted by Crippen LogP contribution is -2.47. The first kappa shape index (κ1) is 16.5. The third-order valence-corrected chi connectivity index (χ3v) is 4.42. The summed E-state index contributed by atoms with van der Waals surface area (Å²) in [5, 5.41) is 0. The van der Waals surface area contributed by atoms with Crippen molar-refractivity contribution in [2.24, 2.45) is 0 Å². The average molecular weight is 324 g/mol. The Kier molecular flexibility index (Phi) is 5.16. The number of hydrogen-bond donors (Lipinski definition) is 0. The van der Waals surface area contributed by atoms with Gasteiger partial charge in [0.05, 0.1) is 19.3 Å². The van der Waals surface area contributed by atoms with Crippen LogP contribution < -0.4 is 4.90 Å². The van der Waals surface area contributed by atoms with Gasteiger partial charge in [0, 0.05) is 31.4 Å². The van der Waals surface area contributed by atoms with E-state index < -0.39 is 0 Å². The van der Waals surface area contributed by atoms with Gasteiger partial charge in [0.15, 0.2) is 0 Å². The molecule has 1 heterocycles. The van der Waals surface area contributed by atoms with Crippen LogP contribution in [0.25, 0.3) is 0 Å². The van der Waals surface area contributed by atoms with Crippen molar-refractivity contribution >= 4 is 11.6 Å². The molecule has 3 rings (SSSR count). The van der Waals surface area contributed by atoms with Gasteiger partial charge >= 0.3 is 0 Å². The number of morpholine rings is 1. The molecule has 4 heteroatoms. The quantitative estimate of drug-likeness (QED) is 0.866. The van der Waals surface area contributed by atoms with Crippen molar-refractivity contribution in [3.63, 3.8) is 0 Å². The Morgan fingerprint density at radius 3 is 2.75 bits per heavy atom. The monoisotopic (exact) mass is 324 g/mol. The Balaban J connectivity index is 1.74. The van der Waals surface area contributed by atoms with E-state index in [1.54, 1.807) is 0 Å². The van der Waals surface area contributed by atoms with Crippen molar-refractivity contribution in [3.05, 3.63) is 65.7 Å². The predicted molar refractivity (Wildman–Crippen MR) is 96.3 cm³/mol. The van der Waals surface area contributed by atoms with E-state index in [4.69, 9.17) is 4.74 Å². The molecule has 0 spiro atoms. The number of benzene rings is 2. The molecule has 0 aromatic heterocycles. The van der Waals surface area contributed by atoms with E-state index in [9.17, 15) is 4.79 Å². The highest BCUT2D eigenvalue weighted by molar-refractivity contribution is 5.95. The molecule has 4 nitrogen and oxygen atoms in total. The minimum Gasteiger partial charge on any atom is -0.377 e. The minimum absolute atomic E-state index is 0.0840. The Hall–Kier alpha value is -2.33. The van der Waals surface area contributed by atoms with E-state index in [1.807, 2.05) is 61.3 Å². The van der Waals surface area contributed by atoms with Crippen LogP contribution in [0.15, 0.2) is 54.6 Å². The van der Waals surface area contributed by atoms with Crippen LogP contribution in [-0.4, -0.2) is 43.7 Å². The van der Waals surface area contributed by atoms with Crippen LogP contribution in [0.3, 0.4) is 0 Å². The Bertz CT molecular complexity index is 687. The highest BCUT2D eigenvalue weighted by atomic mass is 16.5. The number of carbonyl (C=O) groups excluding carboxylic acids is 1. The first-order valence-corrected chi connectivity index (χ1v) is 8.39. The maximum atomic E-state index is 12.8. The molecule has 0 saturated carbocycles. The van der Waals surface area contributed by atoms with Gasteiger partial charge in [-0.2, -0.15) is 0 Å². The molecule has 0 N–H and O–H groups in total. The second-order valence-electron chi connectivity index (χ2n) is 6.31. The molecule has 126 valence electrons. The van der Waals surface area contributed by atoms with Gasteiger partial charge in [-0.15, -0.1) is 0 Å². The first-order chi connectivity index (χ1) is 11.6. The molecule has 0 aliphatic carbocycles. The number of amides is 1. The van der Waals surface area contributed by atoms with E-state index in [1.165, 1.54) is 5.56 Å². The lowest BCUT2D eigenvalue weighted by atomic mass is 10.1. The normalized spacial score (nSPS) is 17.6. The number of anilines is 1. The smallest absolute Gasteiger partial charge is 0.254 e. The zero-order chi connectivity index (χ0) is 16.9. The summed E-state index contributed by atoms with van der Waals surface area (Å²) in [5.74, 6) is 0.0840. The van der Waals surface area contributed by atoms with Gasteiger partial charge in [0.25, 0.3) is 5.91 Å². The van der Waals surface area contributed by atoms with Crippen LogP contribution >= 0.6 is 0 Å². The van der Waals surface area contributed by atoms with E-state index in [2.05, 4.69) is 17.0 Å². The number of ether oxygens (including phenoxy) is 1. The lowest BCUT2D eigenvalue weighted by molar-refractivity contribution is 0.00360. The van der Waals surface area contributed by atoms with Gasteiger partial charge in [0.2, 0.25) is 0 Å². The second-order valence-corrected chi connectivity index (χ2v) is 6.31. The van der Waals surface area contributed by atoms with E-state index >= 15 is 0 Å². The first-order valence-electron chi connectivity index (χ1n) is 8.39.